The lowest BCUT2D eigenvalue weighted by atomic mass is 10.2. The second kappa shape index (κ2) is 7.81. The molecule has 2 aromatic heterocycles. The third-order valence-corrected chi connectivity index (χ3v) is 5.00. The van der Waals surface area contributed by atoms with Crippen LogP contribution in [0.1, 0.15) is 16.4 Å². The number of halogens is 1. The van der Waals surface area contributed by atoms with Crippen LogP contribution in [0.25, 0.3) is 22.0 Å². The van der Waals surface area contributed by atoms with Gasteiger partial charge in [0.1, 0.15) is 5.01 Å². The van der Waals surface area contributed by atoms with E-state index in [4.69, 9.17) is 9.26 Å². The Morgan fingerprint density at radius 2 is 1.89 bits per heavy atom. The highest BCUT2D eigenvalue weighted by Crippen LogP contribution is 2.24. The molecule has 4 rings (SSSR count). The number of ether oxygens (including phenoxy) is 1. The van der Waals surface area contributed by atoms with Gasteiger partial charge in [0.15, 0.2) is 12.3 Å². The molecule has 4 aromatic rings. The molecule has 0 spiro atoms. The molecule has 8 heteroatoms. The molecule has 6 nitrogen and oxygen atoms in total. The molecule has 0 fully saturated rings. The summed E-state index contributed by atoms with van der Waals surface area (Å²) in [7, 11) is 0. The quantitative estimate of drug-likeness (QED) is 0.406. The Balaban J connectivity index is 1.41. The monoisotopic (exact) mass is 441 g/mol. The predicted octanol–water partition coefficient (Wildman–Crippen LogP) is 4.98. The molecular formula is C19H12BrN3O3S. The van der Waals surface area contributed by atoms with E-state index in [9.17, 15) is 4.79 Å². The average molecular weight is 442 g/mol. The summed E-state index contributed by atoms with van der Waals surface area (Å²) >= 11 is 4.79. The van der Waals surface area contributed by atoms with Crippen LogP contribution in [0, 0.1) is 0 Å². The molecule has 0 aliphatic carbocycles. The largest absolute Gasteiger partial charge is 0.451 e. The van der Waals surface area contributed by atoms with Crippen LogP contribution in [0.5, 0.6) is 0 Å². The van der Waals surface area contributed by atoms with Crippen molar-refractivity contribution >= 4 is 33.2 Å². The maximum atomic E-state index is 12.2. The summed E-state index contributed by atoms with van der Waals surface area (Å²) in [6, 6.07) is 17.2. The first-order valence-corrected chi connectivity index (χ1v) is 9.63. The number of thiazole rings is 1. The lowest BCUT2D eigenvalue weighted by molar-refractivity contribution is 0.0424. The van der Waals surface area contributed by atoms with E-state index >= 15 is 0 Å². The second-order valence-electron chi connectivity index (χ2n) is 5.50. The summed E-state index contributed by atoms with van der Waals surface area (Å²) in [5.41, 5.74) is 2.01. The number of aromatic nitrogens is 3. The van der Waals surface area contributed by atoms with Crippen LogP contribution in [-0.4, -0.2) is 21.1 Å². The van der Waals surface area contributed by atoms with Gasteiger partial charge in [-0.15, -0.1) is 11.3 Å². The van der Waals surface area contributed by atoms with Gasteiger partial charge in [0.25, 0.3) is 5.89 Å². The number of benzene rings is 2. The van der Waals surface area contributed by atoms with Crippen LogP contribution >= 0.6 is 27.3 Å². The van der Waals surface area contributed by atoms with Crippen molar-refractivity contribution < 1.29 is 14.1 Å². The third-order valence-electron chi connectivity index (χ3n) is 3.61. The molecule has 0 amide bonds. The molecule has 0 aliphatic rings. The number of hydrogen-bond donors (Lipinski definition) is 0. The van der Waals surface area contributed by atoms with Crippen molar-refractivity contribution in [3.05, 3.63) is 76.0 Å². The zero-order valence-corrected chi connectivity index (χ0v) is 16.2. The number of rotatable bonds is 5. The van der Waals surface area contributed by atoms with Crippen LogP contribution in [0.4, 0.5) is 0 Å². The van der Waals surface area contributed by atoms with E-state index in [0.29, 0.717) is 5.82 Å². The van der Waals surface area contributed by atoms with Gasteiger partial charge in [0, 0.05) is 21.0 Å². The van der Waals surface area contributed by atoms with Crippen molar-refractivity contribution in [3.63, 3.8) is 0 Å². The molecule has 0 bridgehead atoms. The summed E-state index contributed by atoms with van der Waals surface area (Å²) in [5, 5.41) is 6.34. The molecule has 0 N–H and O–H groups in total. The Bertz CT molecular complexity index is 1080. The maximum Gasteiger partial charge on any atom is 0.358 e. The topological polar surface area (TPSA) is 78.1 Å². The van der Waals surface area contributed by atoms with Crippen LogP contribution in [0.3, 0.4) is 0 Å². The smallest absolute Gasteiger partial charge is 0.358 e. The fourth-order valence-electron chi connectivity index (χ4n) is 2.34. The van der Waals surface area contributed by atoms with E-state index in [1.54, 1.807) is 5.38 Å². The molecule has 0 aliphatic heterocycles. The minimum absolute atomic E-state index is 0.113. The van der Waals surface area contributed by atoms with Crippen molar-refractivity contribution in [2.24, 2.45) is 0 Å². The zero-order valence-electron chi connectivity index (χ0n) is 13.8. The Morgan fingerprint density at radius 3 is 2.70 bits per heavy atom. The van der Waals surface area contributed by atoms with Gasteiger partial charge >= 0.3 is 5.97 Å². The Morgan fingerprint density at radius 1 is 1.07 bits per heavy atom. The maximum absolute atomic E-state index is 12.2. The van der Waals surface area contributed by atoms with Gasteiger partial charge in [0.2, 0.25) is 5.82 Å². The number of carbonyl (C=O) groups excluding carboxylic acids is 1. The van der Waals surface area contributed by atoms with Gasteiger partial charge in [0.05, 0.1) is 0 Å². The second-order valence-corrected chi connectivity index (χ2v) is 7.28. The van der Waals surface area contributed by atoms with Crippen LogP contribution in [-0.2, 0) is 11.3 Å². The summed E-state index contributed by atoms with van der Waals surface area (Å²) in [6.07, 6.45) is 0. The van der Waals surface area contributed by atoms with Gasteiger partial charge < -0.3 is 9.26 Å². The zero-order chi connectivity index (χ0) is 18.6. The fourth-order valence-corrected chi connectivity index (χ4v) is 3.54. The number of carbonyl (C=O) groups is 1. The summed E-state index contributed by atoms with van der Waals surface area (Å²) in [6.45, 7) is -0.113. The minimum Gasteiger partial charge on any atom is -0.451 e. The van der Waals surface area contributed by atoms with Crippen molar-refractivity contribution in [2.75, 3.05) is 0 Å². The lowest BCUT2D eigenvalue weighted by Gasteiger charge is -1.98. The van der Waals surface area contributed by atoms with Gasteiger partial charge in [-0.3, -0.25) is 0 Å². The first-order chi connectivity index (χ1) is 13.2. The van der Waals surface area contributed by atoms with Crippen molar-refractivity contribution in [1.29, 1.82) is 0 Å². The molecule has 0 saturated carbocycles. The lowest BCUT2D eigenvalue weighted by Crippen LogP contribution is -2.05. The predicted molar refractivity (Wildman–Crippen MR) is 104 cm³/mol. The summed E-state index contributed by atoms with van der Waals surface area (Å²) in [5.74, 6) is 0.120. The summed E-state index contributed by atoms with van der Waals surface area (Å²) < 4.78 is 11.3. The van der Waals surface area contributed by atoms with E-state index in [0.717, 1.165) is 20.6 Å². The molecule has 134 valence electrons. The highest BCUT2D eigenvalue weighted by molar-refractivity contribution is 9.10. The van der Waals surface area contributed by atoms with E-state index < -0.39 is 5.97 Å². The number of nitrogens with zero attached hydrogens (tertiary/aromatic N) is 3. The highest BCUT2D eigenvalue weighted by Gasteiger charge is 2.16. The van der Waals surface area contributed by atoms with Gasteiger partial charge in [-0.2, -0.15) is 4.98 Å². The van der Waals surface area contributed by atoms with Gasteiger partial charge in [-0.05, 0) is 12.1 Å². The van der Waals surface area contributed by atoms with Gasteiger partial charge in [-0.1, -0.05) is 63.6 Å². The van der Waals surface area contributed by atoms with Crippen molar-refractivity contribution in [3.8, 4) is 22.0 Å². The molecular weight excluding hydrogens is 430 g/mol. The molecule has 27 heavy (non-hydrogen) atoms. The first kappa shape index (κ1) is 17.6. The van der Waals surface area contributed by atoms with E-state index in [1.807, 2.05) is 54.6 Å². The normalized spacial score (nSPS) is 10.7. The first-order valence-electron chi connectivity index (χ1n) is 7.95. The van der Waals surface area contributed by atoms with Crippen LogP contribution in [0.2, 0.25) is 0 Å². The van der Waals surface area contributed by atoms with Crippen LogP contribution < -0.4 is 0 Å². The standard InChI is InChI=1S/C19H12BrN3O3S/c20-14-8-4-7-13(9-14)17-22-16(26-23-17)10-25-19(24)15-11-27-18(21-15)12-5-2-1-3-6-12/h1-9,11H,10H2. The van der Waals surface area contributed by atoms with Crippen LogP contribution in [0.15, 0.2) is 69.0 Å². The van der Waals surface area contributed by atoms with Crippen molar-refractivity contribution in [2.45, 2.75) is 6.61 Å². The Labute approximate surface area is 167 Å². The molecule has 0 atom stereocenters. The van der Waals surface area contributed by atoms with Crippen molar-refractivity contribution in [1.82, 2.24) is 15.1 Å². The highest BCUT2D eigenvalue weighted by atomic mass is 79.9. The molecule has 2 heterocycles. The number of esters is 1. The number of hydrogen-bond acceptors (Lipinski definition) is 7. The molecule has 0 radical (unpaired) electrons. The van der Waals surface area contributed by atoms with E-state index in [2.05, 4.69) is 31.1 Å². The molecule has 2 aromatic carbocycles. The van der Waals surface area contributed by atoms with E-state index in [1.165, 1.54) is 11.3 Å². The van der Waals surface area contributed by atoms with E-state index in [-0.39, 0.29) is 18.2 Å². The SMILES string of the molecule is O=C(OCc1nc(-c2cccc(Br)c2)no1)c1csc(-c2ccccc2)n1. The average Bonchev–Trinajstić information content (AvgIpc) is 3.37. The Hall–Kier alpha value is -2.84. The third kappa shape index (κ3) is 4.12. The molecule has 0 saturated heterocycles. The van der Waals surface area contributed by atoms with Gasteiger partial charge in [-0.25, -0.2) is 9.78 Å². The Kier molecular flexibility index (Phi) is 5.08. The fraction of sp³-hybridized carbons (Fsp3) is 0.0526. The minimum atomic E-state index is -0.532. The summed E-state index contributed by atoms with van der Waals surface area (Å²) in [4.78, 5) is 20.8. The molecule has 0 unspecified atom stereocenters.